The number of rotatable bonds is 4. The van der Waals surface area contributed by atoms with Gasteiger partial charge in [-0.2, -0.15) is 0 Å². The summed E-state index contributed by atoms with van der Waals surface area (Å²) in [5.41, 5.74) is -2.69. The van der Waals surface area contributed by atoms with Gasteiger partial charge >= 0.3 is 5.97 Å². The average Bonchev–Trinajstić information content (AvgIpc) is 2.67. The van der Waals surface area contributed by atoms with Gasteiger partial charge in [-0.05, 0) is 26.2 Å². The van der Waals surface area contributed by atoms with Gasteiger partial charge in [0.1, 0.15) is 0 Å². The minimum absolute atomic E-state index is 0.243. The van der Waals surface area contributed by atoms with E-state index in [9.17, 15) is 19.8 Å². The maximum atomic E-state index is 12.3. The lowest BCUT2D eigenvalue weighted by Gasteiger charge is -2.55. The molecule has 0 aromatic heterocycles. The number of hydrogen-bond acceptors (Lipinski definition) is 5. The summed E-state index contributed by atoms with van der Waals surface area (Å²) < 4.78 is 5.31. The molecular weight excluding hydrogens is 345 g/mol. The Balaban J connectivity index is 1.93. The van der Waals surface area contributed by atoms with Crippen molar-refractivity contribution < 1.29 is 24.5 Å². The van der Waals surface area contributed by atoms with Gasteiger partial charge < -0.3 is 20.3 Å². The molecule has 2 heterocycles. The second kappa shape index (κ2) is 5.76. The van der Waals surface area contributed by atoms with E-state index in [0.29, 0.717) is 19.3 Å². The van der Waals surface area contributed by atoms with Crippen molar-refractivity contribution in [1.29, 1.82) is 0 Å². The predicted molar refractivity (Wildman–Crippen MR) is 83.2 cm³/mol. The largest absolute Gasteiger partial charge is 0.453 e. The Morgan fingerprint density at radius 2 is 2.13 bits per heavy atom. The highest BCUT2D eigenvalue weighted by molar-refractivity contribution is 6.21. The third-order valence-corrected chi connectivity index (χ3v) is 6.48. The maximum absolute atomic E-state index is 12.3. The number of esters is 1. The minimum Gasteiger partial charge on any atom is -0.453 e. The first kappa shape index (κ1) is 17.3. The van der Waals surface area contributed by atoms with Crippen LogP contribution < -0.4 is 5.32 Å². The first-order valence-electron chi connectivity index (χ1n) is 7.91. The second-order valence-electron chi connectivity index (χ2n) is 6.87. The molecule has 1 saturated carbocycles. The van der Waals surface area contributed by atoms with Crippen molar-refractivity contribution in [2.24, 2.45) is 11.8 Å². The zero-order valence-corrected chi connectivity index (χ0v) is 14.3. The molecule has 23 heavy (non-hydrogen) atoms. The fraction of sp³-hybridized carbons (Fsp3) is 0.867. The van der Waals surface area contributed by atoms with Crippen molar-refractivity contribution in [2.45, 2.75) is 61.3 Å². The second-order valence-corrected chi connectivity index (χ2v) is 7.81. The molecule has 1 amide bonds. The third kappa shape index (κ3) is 2.15. The first-order chi connectivity index (χ1) is 10.8. The molecule has 130 valence electrons. The molecule has 3 rings (SSSR count). The van der Waals surface area contributed by atoms with E-state index in [4.69, 9.17) is 27.9 Å². The van der Waals surface area contributed by atoms with Gasteiger partial charge in [-0.1, -0.05) is 6.42 Å². The fourth-order valence-corrected chi connectivity index (χ4v) is 4.95. The lowest BCUT2D eigenvalue weighted by molar-refractivity contribution is -0.242. The molecule has 0 spiro atoms. The van der Waals surface area contributed by atoms with Crippen molar-refractivity contribution in [3.63, 3.8) is 0 Å². The number of carbonyl (C=O) groups excluding carboxylic acids is 2. The highest BCUT2D eigenvalue weighted by Gasteiger charge is 2.79. The quantitative estimate of drug-likeness (QED) is 0.499. The Hall–Kier alpha value is -0.560. The van der Waals surface area contributed by atoms with Crippen molar-refractivity contribution >= 4 is 35.1 Å². The number of ether oxygens (including phenoxy) is 1. The smallest absolute Gasteiger partial charge is 0.339 e. The van der Waals surface area contributed by atoms with Crippen LogP contribution in [0.4, 0.5) is 0 Å². The highest BCUT2D eigenvalue weighted by Crippen LogP contribution is 2.54. The molecule has 0 bridgehead atoms. The van der Waals surface area contributed by atoms with Gasteiger partial charge in [0.25, 0.3) is 0 Å². The molecule has 3 N–H and O–H groups in total. The van der Waals surface area contributed by atoms with Crippen LogP contribution in [-0.2, 0) is 14.3 Å². The van der Waals surface area contributed by atoms with Crippen LogP contribution in [0, 0.1) is 11.8 Å². The number of aliphatic hydroxyl groups excluding tert-OH is 2. The summed E-state index contributed by atoms with van der Waals surface area (Å²) in [6.07, 6.45) is 0.0883. The van der Waals surface area contributed by atoms with Crippen molar-refractivity contribution in [1.82, 2.24) is 5.32 Å². The molecule has 3 aliphatic rings. The Labute approximate surface area is 144 Å². The summed E-state index contributed by atoms with van der Waals surface area (Å²) >= 11 is 11.9. The van der Waals surface area contributed by atoms with E-state index >= 15 is 0 Å². The molecule has 0 aromatic carbocycles. The van der Waals surface area contributed by atoms with Crippen LogP contribution in [0.3, 0.4) is 0 Å². The number of carbonyl (C=O) groups is 2. The van der Waals surface area contributed by atoms with Crippen LogP contribution in [0.25, 0.3) is 0 Å². The van der Waals surface area contributed by atoms with E-state index in [-0.39, 0.29) is 11.8 Å². The molecule has 0 unspecified atom stereocenters. The van der Waals surface area contributed by atoms with E-state index in [1.165, 1.54) is 0 Å². The molecule has 8 heteroatoms. The molecule has 6 nitrogen and oxygen atoms in total. The van der Waals surface area contributed by atoms with Gasteiger partial charge in [0.15, 0.2) is 5.60 Å². The summed E-state index contributed by atoms with van der Waals surface area (Å²) in [5.74, 6) is -1.98. The van der Waals surface area contributed by atoms with E-state index in [1.807, 2.05) is 0 Å². The van der Waals surface area contributed by atoms with Gasteiger partial charge in [-0.25, -0.2) is 4.79 Å². The molecule has 7 atom stereocenters. The van der Waals surface area contributed by atoms with Gasteiger partial charge in [0.2, 0.25) is 11.4 Å². The molecule has 2 saturated heterocycles. The van der Waals surface area contributed by atoms with Crippen molar-refractivity contribution in [2.75, 3.05) is 5.88 Å². The average molecular weight is 366 g/mol. The summed E-state index contributed by atoms with van der Waals surface area (Å²) in [4.78, 5) is 24.6. The zero-order valence-electron chi connectivity index (χ0n) is 12.8. The van der Waals surface area contributed by atoms with Crippen LogP contribution in [0.5, 0.6) is 0 Å². The number of halogens is 2. The van der Waals surface area contributed by atoms with Crippen LogP contribution >= 0.6 is 23.2 Å². The van der Waals surface area contributed by atoms with Gasteiger partial charge in [0.05, 0.1) is 23.5 Å². The van der Waals surface area contributed by atoms with E-state index in [2.05, 4.69) is 5.32 Å². The van der Waals surface area contributed by atoms with E-state index < -0.39 is 46.5 Å². The minimum atomic E-state index is -1.53. The molecule has 0 radical (unpaired) electrons. The van der Waals surface area contributed by atoms with Gasteiger partial charge in [-0.15, -0.1) is 23.2 Å². The van der Waals surface area contributed by atoms with E-state index in [1.54, 1.807) is 6.92 Å². The SMILES string of the molecule is C[C@@]12OC(=O)[C@]1([C@H](O)[C@H]1CCC[C@H](Cl)[C@H]1O)NC(=O)[C@@H]2CCCl. The predicted octanol–water partition coefficient (Wildman–Crippen LogP) is 0.545. The summed E-state index contributed by atoms with van der Waals surface area (Å²) in [7, 11) is 0. The Bertz CT molecular complexity index is 532. The molecule has 3 fully saturated rings. The monoisotopic (exact) mass is 365 g/mol. The number of alkyl halides is 2. The summed E-state index contributed by atoms with van der Waals surface area (Å²) in [6, 6.07) is 0. The van der Waals surface area contributed by atoms with Crippen molar-refractivity contribution in [3.05, 3.63) is 0 Å². The highest BCUT2D eigenvalue weighted by atomic mass is 35.5. The Kier molecular flexibility index (Phi) is 4.32. The lowest BCUT2D eigenvalue weighted by atomic mass is 9.63. The number of amides is 1. The van der Waals surface area contributed by atoms with E-state index in [0.717, 1.165) is 6.42 Å². The number of hydrogen-bond donors (Lipinski definition) is 3. The molecular formula is C15H21Cl2NO5. The first-order valence-corrected chi connectivity index (χ1v) is 8.88. The molecule has 1 aliphatic carbocycles. The number of fused-ring (bicyclic) bond motifs is 1. The van der Waals surface area contributed by atoms with Crippen molar-refractivity contribution in [3.8, 4) is 0 Å². The normalized spacial score (nSPS) is 47.3. The van der Waals surface area contributed by atoms with Crippen LogP contribution in [0.15, 0.2) is 0 Å². The number of nitrogens with one attached hydrogen (secondary N) is 1. The standard InChI is InChI=1S/C15H21Cl2NO5/c1-14-8(5-6-16)12(21)18-15(14,13(22)23-14)11(20)7-3-2-4-9(17)10(7)19/h7-11,19-20H,2-6H2,1H3,(H,18,21)/t7-,8-,9-,10-,11+,14-,15-/m0/s1. The Morgan fingerprint density at radius 1 is 1.43 bits per heavy atom. The molecule has 2 aliphatic heterocycles. The van der Waals surface area contributed by atoms with Crippen LogP contribution in [0.2, 0.25) is 0 Å². The van der Waals surface area contributed by atoms with Gasteiger partial charge in [0, 0.05) is 11.8 Å². The fourth-order valence-electron chi connectivity index (χ4n) is 4.39. The maximum Gasteiger partial charge on any atom is 0.339 e. The number of aliphatic hydroxyl groups is 2. The third-order valence-electron chi connectivity index (χ3n) is 5.79. The van der Waals surface area contributed by atoms with Crippen LogP contribution in [-0.4, -0.2) is 56.7 Å². The van der Waals surface area contributed by atoms with Crippen LogP contribution in [0.1, 0.15) is 32.6 Å². The lowest BCUT2D eigenvalue weighted by Crippen LogP contribution is -2.80. The molecule has 0 aromatic rings. The Morgan fingerprint density at radius 3 is 2.74 bits per heavy atom. The zero-order chi connectivity index (χ0) is 17.0. The topological polar surface area (TPSA) is 95.9 Å². The summed E-state index contributed by atoms with van der Waals surface area (Å²) in [6.45, 7) is 1.64. The van der Waals surface area contributed by atoms with Gasteiger partial charge in [-0.3, -0.25) is 4.79 Å². The summed E-state index contributed by atoms with van der Waals surface area (Å²) in [5, 5.41) is 23.4.